The van der Waals surface area contributed by atoms with Gasteiger partial charge in [0.25, 0.3) is 5.91 Å². The minimum Gasteiger partial charge on any atom is -0.341 e. The van der Waals surface area contributed by atoms with Crippen LogP contribution in [0.5, 0.6) is 0 Å². The number of primary sulfonamides is 1. The molecule has 8 heteroatoms. The van der Waals surface area contributed by atoms with Gasteiger partial charge in [-0.05, 0) is 17.5 Å². The van der Waals surface area contributed by atoms with Gasteiger partial charge in [-0.1, -0.05) is 32.4 Å². The molecule has 0 unspecified atom stereocenters. The van der Waals surface area contributed by atoms with Crippen LogP contribution in [0.4, 0.5) is 4.39 Å². The molecule has 0 saturated heterocycles. The molecule has 0 aromatic heterocycles. The number of hydrogen-bond acceptors (Lipinski definition) is 3. The summed E-state index contributed by atoms with van der Waals surface area (Å²) in [7, 11) is -2.71. The number of sulfonamides is 1. The summed E-state index contributed by atoms with van der Waals surface area (Å²) in [6.45, 7) is 6.25. The van der Waals surface area contributed by atoms with E-state index in [1.807, 2.05) is 20.8 Å². The van der Waals surface area contributed by atoms with Crippen LogP contribution >= 0.6 is 11.6 Å². The lowest BCUT2D eigenvalue weighted by Gasteiger charge is -2.27. The summed E-state index contributed by atoms with van der Waals surface area (Å²) in [6.07, 6.45) is 0. The van der Waals surface area contributed by atoms with E-state index in [4.69, 9.17) is 16.7 Å². The first kappa shape index (κ1) is 17.9. The zero-order valence-electron chi connectivity index (χ0n) is 12.3. The van der Waals surface area contributed by atoms with Crippen molar-refractivity contribution in [2.45, 2.75) is 25.7 Å². The molecule has 0 spiro atoms. The molecular formula is C13H18ClFN2O3S. The maximum absolute atomic E-state index is 13.6. The van der Waals surface area contributed by atoms with Crippen molar-refractivity contribution in [1.29, 1.82) is 0 Å². The van der Waals surface area contributed by atoms with Crippen molar-refractivity contribution in [3.8, 4) is 0 Å². The average Bonchev–Trinajstić information content (AvgIpc) is 2.23. The SMILES string of the molecule is CN(CC(C)(C)C)C(=O)c1cc(S(N)(=O)=O)c(F)cc1Cl. The van der Waals surface area contributed by atoms with Gasteiger partial charge in [-0.3, -0.25) is 4.79 Å². The second kappa shape index (κ2) is 5.90. The summed E-state index contributed by atoms with van der Waals surface area (Å²) in [5.41, 5.74) is -0.256. The zero-order chi connectivity index (χ0) is 16.6. The monoisotopic (exact) mass is 336 g/mol. The molecule has 1 amide bonds. The number of nitrogens with two attached hydrogens (primary N) is 1. The summed E-state index contributed by atoms with van der Waals surface area (Å²) < 4.78 is 36.2. The third-order valence-electron chi connectivity index (χ3n) is 2.62. The van der Waals surface area contributed by atoms with Crippen LogP contribution in [-0.4, -0.2) is 32.8 Å². The molecule has 1 rings (SSSR count). The van der Waals surface area contributed by atoms with Crippen LogP contribution in [0.2, 0.25) is 5.02 Å². The van der Waals surface area contributed by atoms with Crippen LogP contribution in [-0.2, 0) is 10.0 Å². The van der Waals surface area contributed by atoms with Crippen LogP contribution in [0, 0.1) is 11.2 Å². The normalized spacial score (nSPS) is 12.3. The lowest BCUT2D eigenvalue weighted by Crippen LogP contribution is -2.34. The van der Waals surface area contributed by atoms with Crippen molar-refractivity contribution in [3.63, 3.8) is 0 Å². The Bertz CT molecular complexity index is 669. The fourth-order valence-corrected chi connectivity index (χ4v) is 2.74. The van der Waals surface area contributed by atoms with E-state index in [9.17, 15) is 17.6 Å². The van der Waals surface area contributed by atoms with Crippen molar-refractivity contribution in [2.24, 2.45) is 10.6 Å². The molecule has 0 saturated carbocycles. The minimum atomic E-state index is -4.27. The lowest BCUT2D eigenvalue weighted by molar-refractivity contribution is 0.0745. The second-order valence-electron chi connectivity index (χ2n) is 6.03. The van der Waals surface area contributed by atoms with Crippen LogP contribution in [0.3, 0.4) is 0 Å². The molecule has 0 aliphatic heterocycles. The fraction of sp³-hybridized carbons (Fsp3) is 0.462. The number of carbonyl (C=O) groups excluding carboxylic acids is 1. The maximum atomic E-state index is 13.6. The van der Waals surface area contributed by atoms with E-state index in [0.717, 1.165) is 12.1 Å². The molecule has 1 aromatic rings. The van der Waals surface area contributed by atoms with Gasteiger partial charge in [-0.15, -0.1) is 0 Å². The smallest absolute Gasteiger partial charge is 0.255 e. The molecule has 0 atom stereocenters. The number of benzene rings is 1. The molecular weight excluding hydrogens is 319 g/mol. The Morgan fingerprint density at radius 3 is 2.33 bits per heavy atom. The van der Waals surface area contributed by atoms with E-state index in [2.05, 4.69) is 0 Å². The third-order valence-corrected chi connectivity index (χ3v) is 3.86. The van der Waals surface area contributed by atoms with Gasteiger partial charge < -0.3 is 4.90 Å². The average molecular weight is 337 g/mol. The van der Waals surface area contributed by atoms with E-state index >= 15 is 0 Å². The largest absolute Gasteiger partial charge is 0.341 e. The summed E-state index contributed by atoms with van der Waals surface area (Å²) in [6, 6.07) is 1.65. The van der Waals surface area contributed by atoms with Crippen molar-refractivity contribution in [2.75, 3.05) is 13.6 Å². The van der Waals surface area contributed by atoms with Gasteiger partial charge in [0, 0.05) is 13.6 Å². The van der Waals surface area contributed by atoms with Gasteiger partial charge in [0.1, 0.15) is 10.7 Å². The molecule has 0 radical (unpaired) electrons. The first-order chi connectivity index (χ1) is 9.33. The highest BCUT2D eigenvalue weighted by molar-refractivity contribution is 7.89. The number of halogens is 2. The summed E-state index contributed by atoms with van der Waals surface area (Å²) in [4.78, 5) is 13.0. The van der Waals surface area contributed by atoms with E-state index < -0.39 is 26.6 Å². The molecule has 0 fully saturated rings. The Balaban J connectivity index is 3.28. The molecule has 0 bridgehead atoms. The van der Waals surface area contributed by atoms with Gasteiger partial charge in [-0.2, -0.15) is 0 Å². The van der Waals surface area contributed by atoms with E-state index in [1.54, 1.807) is 7.05 Å². The second-order valence-corrected chi connectivity index (χ2v) is 7.97. The molecule has 118 valence electrons. The van der Waals surface area contributed by atoms with Crippen molar-refractivity contribution in [1.82, 2.24) is 4.90 Å². The Hall–Kier alpha value is -1.18. The molecule has 5 nitrogen and oxygen atoms in total. The van der Waals surface area contributed by atoms with E-state index in [1.165, 1.54) is 4.90 Å². The predicted octanol–water partition coefficient (Wildman–Crippen LogP) is 2.24. The summed E-state index contributed by atoms with van der Waals surface area (Å²) >= 11 is 5.84. The highest BCUT2D eigenvalue weighted by atomic mass is 35.5. The van der Waals surface area contributed by atoms with Gasteiger partial charge in [-0.25, -0.2) is 17.9 Å². The molecule has 1 aromatic carbocycles. The molecule has 0 aliphatic carbocycles. The number of hydrogen-bond donors (Lipinski definition) is 1. The minimum absolute atomic E-state index is 0.103. The number of carbonyl (C=O) groups is 1. The Morgan fingerprint density at radius 2 is 1.90 bits per heavy atom. The predicted molar refractivity (Wildman–Crippen MR) is 79.2 cm³/mol. The van der Waals surface area contributed by atoms with Crippen LogP contribution in [0.15, 0.2) is 17.0 Å². The van der Waals surface area contributed by atoms with Crippen molar-refractivity contribution in [3.05, 3.63) is 28.5 Å². The van der Waals surface area contributed by atoms with Gasteiger partial charge in [0.05, 0.1) is 10.6 Å². The molecule has 21 heavy (non-hydrogen) atoms. The number of rotatable bonds is 3. The Labute approximate surface area is 128 Å². The third kappa shape index (κ3) is 4.66. The zero-order valence-corrected chi connectivity index (χ0v) is 13.8. The highest BCUT2D eigenvalue weighted by Crippen LogP contribution is 2.25. The van der Waals surface area contributed by atoms with E-state index in [-0.39, 0.29) is 16.0 Å². The van der Waals surface area contributed by atoms with Gasteiger partial charge in [0.2, 0.25) is 10.0 Å². The summed E-state index contributed by atoms with van der Waals surface area (Å²) in [5, 5.41) is 4.76. The Kier molecular flexibility index (Phi) is 5.02. The van der Waals surface area contributed by atoms with Gasteiger partial charge in [0.15, 0.2) is 0 Å². The summed E-state index contributed by atoms with van der Waals surface area (Å²) in [5.74, 6) is -1.59. The lowest BCUT2D eigenvalue weighted by atomic mass is 9.96. The first-order valence-electron chi connectivity index (χ1n) is 6.10. The van der Waals surface area contributed by atoms with Crippen molar-refractivity contribution >= 4 is 27.5 Å². The molecule has 2 N–H and O–H groups in total. The standard InChI is InChI=1S/C13H18ClFN2O3S/c1-13(2,3)7-17(4)12(18)8-5-11(21(16,19)20)10(15)6-9(8)14/h5-6H,7H2,1-4H3,(H2,16,19,20). The van der Waals surface area contributed by atoms with Crippen LogP contribution < -0.4 is 5.14 Å². The first-order valence-corrected chi connectivity index (χ1v) is 8.02. The fourth-order valence-electron chi connectivity index (χ4n) is 1.90. The quantitative estimate of drug-likeness (QED) is 0.919. The number of nitrogens with zero attached hydrogens (tertiary/aromatic N) is 1. The van der Waals surface area contributed by atoms with E-state index in [0.29, 0.717) is 6.54 Å². The Morgan fingerprint density at radius 1 is 1.38 bits per heavy atom. The highest BCUT2D eigenvalue weighted by Gasteiger charge is 2.24. The van der Waals surface area contributed by atoms with Crippen molar-refractivity contribution < 1.29 is 17.6 Å². The topological polar surface area (TPSA) is 80.5 Å². The number of amides is 1. The molecule has 0 aliphatic rings. The molecule has 0 heterocycles. The van der Waals surface area contributed by atoms with Crippen LogP contribution in [0.25, 0.3) is 0 Å². The maximum Gasteiger partial charge on any atom is 0.255 e. The van der Waals surface area contributed by atoms with Gasteiger partial charge >= 0.3 is 0 Å². The van der Waals surface area contributed by atoms with Crippen LogP contribution in [0.1, 0.15) is 31.1 Å².